The van der Waals surface area contributed by atoms with E-state index < -0.39 is 11.8 Å². The van der Waals surface area contributed by atoms with Gasteiger partial charge in [-0.05, 0) is 54.3 Å². The molecule has 36 heavy (non-hydrogen) atoms. The smallest absolute Gasteiger partial charge is 0.262 e. The van der Waals surface area contributed by atoms with E-state index in [1.165, 1.54) is 12.2 Å². The Labute approximate surface area is 211 Å². The number of benzene rings is 3. The highest BCUT2D eigenvalue weighted by Crippen LogP contribution is 2.17. The Kier molecular flexibility index (Phi) is 8.92. The summed E-state index contributed by atoms with van der Waals surface area (Å²) in [6.45, 7) is 3.70. The van der Waals surface area contributed by atoms with Crippen LogP contribution in [-0.4, -0.2) is 11.8 Å². The van der Waals surface area contributed by atoms with E-state index in [4.69, 9.17) is 0 Å². The van der Waals surface area contributed by atoms with Crippen molar-refractivity contribution in [3.8, 4) is 12.1 Å². The van der Waals surface area contributed by atoms with Gasteiger partial charge in [-0.25, -0.2) is 0 Å². The molecule has 3 aromatic rings. The van der Waals surface area contributed by atoms with E-state index in [1.807, 2.05) is 86.6 Å². The number of hydrogen-bond acceptors (Lipinski definition) is 4. The van der Waals surface area contributed by atoms with Crippen molar-refractivity contribution in [2.24, 2.45) is 0 Å². The highest BCUT2D eigenvalue weighted by atomic mass is 16.2. The van der Waals surface area contributed by atoms with Gasteiger partial charge >= 0.3 is 0 Å². The second kappa shape index (κ2) is 12.5. The molecule has 0 radical (unpaired) electrons. The van der Waals surface area contributed by atoms with Gasteiger partial charge in [-0.3, -0.25) is 9.59 Å². The lowest BCUT2D eigenvalue weighted by atomic mass is 10.0. The van der Waals surface area contributed by atoms with Crippen molar-refractivity contribution < 1.29 is 9.59 Å². The van der Waals surface area contributed by atoms with Gasteiger partial charge in [-0.15, -0.1) is 0 Å². The van der Waals surface area contributed by atoms with Crippen molar-refractivity contribution >= 4 is 24.0 Å². The first-order chi connectivity index (χ1) is 17.4. The Bertz CT molecular complexity index is 1260. The molecule has 0 aliphatic heterocycles. The molecule has 0 aliphatic carbocycles. The maximum atomic E-state index is 12.7. The highest BCUT2D eigenvalue weighted by Gasteiger charge is 2.15. The SMILES string of the molecule is C[C@H](NC(=O)/C(C#N)=C\c1cccc(/C=C(\C#N)C(=O)N[C@@H](C)c2ccccc2)c1)c1ccccc1. The Balaban J connectivity index is 1.75. The van der Waals surface area contributed by atoms with Crippen molar-refractivity contribution in [2.75, 3.05) is 0 Å². The normalized spacial score (nSPS) is 13.0. The number of nitrogens with zero attached hydrogens (tertiary/aromatic N) is 2. The molecule has 0 aliphatic rings. The summed E-state index contributed by atoms with van der Waals surface area (Å²) in [4.78, 5) is 25.3. The first kappa shape index (κ1) is 25.7. The molecule has 6 nitrogen and oxygen atoms in total. The Morgan fingerprint density at radius 2 is 1.06 bits per heavy atom. The first-order valence-corrected chi connectivity index (χ1v) is 11.5. The van der Waals surface area contributed by atoms with Crippen LogP contribution < -0.4 is 10.6 Å². The number of nitriles is 2. The molecule has 3 aromatic carbocycles. The first-order valence-electron chi connectivity index (χ1n) is 11.5. The third-order valence-corrected chi connectivity index (χ3v) is 5.56. The van der Waals surface area contributed by atoms with Crippen LogP contribution in [-0.2, 0) is 9.59 Å². The molecule has 0 saturated carbocycles. The molecule has 0 fully saturated rings. The molecule has 0 bridgehead atoms. The monoisotopic (exact) mass is 474 g/mol. The van der Waals surface area contributed by atoms with E-state index in [9.17, 15) is 20.1 Å². The second-order valence-electron chi connectivity index (χ2n) is 8.22. The minimum atomic E-state index is -0.484. The molecule has 3 rings (SSSR count). The van der Waals surface area contributed by atoms with Gasteiger partial charge in [0.25, 0.3) is 11.8 Å². The zero-order valence-corrected chi connectivity index (χ0v) is 20.1. The third kappa shape index (κ3) is 7.03. The van der Waals surface area contributed by atoms with Crippen molar-refractivity contribution in [2.45, 2.75) is 25.9 Å². The predicted molar refractivity (Wildman–Crippen MR) is 140 cm³/mol. The van der Waals surface area contributed by atoms with E-state index in [0.29, 0.717) is 11.1 Å². The minimum Gasteiger partial charge on any atom is -0.345 e. The molecule has 2 atom stereocenters. The number of carbonyl (C=O) groups excluding carboxylic acids is 2. The van der Waals surface area contributed by atoms with Gasteiger partial charge in [0.2, 0.25) is 0 Å². The van der Waals surface area contributed by atoms with Gasteiger partial charge in [-0.2, -0.15) is 10.5 Å². The topological polar surface area (TPSA) is 106 Å². The van der Waals surface area contributed by atoms with Crippen LogP contribution in [0.5, 0.6) is 0 Å². The summed E-state index contributed by atoms with van der Waals surface area (Å²) >= 11 is 0. The fourth-order valence-electron chi connectivity index (χ4n) is 3.57. The van der Waals surface area contributed by atoms with E-state index in [2.05, 4.69) is 10.6 Å². The van der Waals surface area contributed by atoms with Gasteiger partial charge in [0.05, 0.1) is 12.1 Å². The predicted octanol–water partition coefficient (Wildman–Crippen LogP) is 5.26. The lowest BCUT2D eigenvalue weighted by Gasteiger charge is -2.14. The summed E-state index contributed by atoms with van der Waals surface area (Å²) in [6, 6.07) is 29.2. The summed E-state index contributed by atoms with van der Waals surface area (Å²) in [7, 11) is 0. The summed E-state index contributed by atoms with van der Waals surface area (Å²) in [5.41, 5.74) is 2.96. The van der Waals surface area contributed by atoms with Crippen LogP contribution in [0.2, 0.25) is 0 Å². The van der Waals surface area contributed by atoms with Crippen LogP contribution in [0.3, 0.4) is 0 Å². The van der Waals surface area contributed by atoms with Crippen molar-refractivity contribution in [1.29, 1.82) is 10.5 Å². The van der Waals surface area contributed by atoms with Gasteiger partial charge in [-0.1, -0.05) is 78.9 Å². The zero-order valence-electron chi connectivity index (χ0n) is 20.1. The maximum Gasteiger partial charge on any atom is 0.262 e. The van der Waals surface area contributed by atoms with Gasteiger partial charge in [0, 0.05) is 0 Å². The van der Waals surface area contributed by atoms with Crippen molar-refractivity contribution in [3.05, 3.63) is 118 Å². The summed E-state index contributed by atoms with van der Waals surface area (Å²) in [5, 5.41) is 24.8. The van der Waals surface area contributed by atoms with Crippen LogP contribution >= 0.6 is 0 Å². The Morgan fingerprint density at radius 3 is 1.42 bits per heavy atom. The average molecular weight is 475 g/mol. The summed E-state index contributed by atoms with van der Waals surface area (Å²) in [5.74, 6) is -0.969. The Hall–Kier alpha value is -4.94. The van der Waals surface area contributed by atoms with Crippen molar-refractivity contribution in [1.82, 2.24) is 10.6 Å². The number of rotatable bonds is 8. The van der Waals surface area contributed by atoms with E-state index in [-0.39, 0.29) is 23.2 Å². The van der Waals surface area contributed by atoms with Crippen LogP contribution in [0.1, 0.15) is 48.2 Å². The molecule has 0 aromatic heterocycles. The van der Waals surface area contributed by atoms with Crippen LogP contribution in [0, 0.1) is 22.7 Å². The molecule has 2 amide bonds. The number of amides is 2. The standard InChI is InChI=1S/C30H26N4O2/c1-21(25-12-5-3-6-13-25)33-29(35)27(19-31)17-23-10-9-11-24(16-23)18-28(20-32)30(36)34-22(2)26-14-7-4-8-15-26/h3-18,21-22H,1-2H3,(H,33,35)(H,34,36)/b27-17-,28-18+/t21-,22-/m0/s1. The average Bonchev–Trinajstić information content (AvgIpc) is 2.91. The number of hydrogen-bond donors (Lipinski definition) is 2. The fourth-order valence-corrected chi connectivity index (χ4v) is 3.57. The molecular weight excluding hydrogens is 448 g/mol. The van der Waals surface area contributed by atoms with Gasteiger partial charge < -0.3 is 10.6 Å². The summed E-state index contributed by atoms with van der Waals surface area (Å²) in [6.07, 6.45) is 2.96. The third-order valence-electron chi connectivity index (χ3n) is 5.56. The molecule has 0 unspecified atom stereocenters. The van der Waals surface area contributed by atoms with Gasteiger partial charge in [0.15, 0.2) is 0 Å². The van der Waals surface area contributed by atoms with E-state index >= 15 is 0 Å². The van der Waals surface area contributed by atoms with Crippen LogP contribution in [0.15, 0.2) is 96.1 Å². The largest absolute Gasteiger partial charge is 0.345 e. The minimum absolute atomic E-state index is 0.0474. The van der Waals surface area contributed by atoms with E-state index in [1.54, 1.807) is 24.3 Å². The highest BCUT2D eigenvalue weighted by molar-refractivity contribution is 6.03. The van der Waals surface area contributed by atoms with Gasteiger partial charge in [0.1, 0.15) is 23.3 Å². The molecule has 6 heteroatoms. The lowest BCUT2D eigenvalue weighted by Crippen LogP contribution is -2.27. The van der Waals surface area contributed by atoms with Crippen LogP contribution in [0.4, 0.5) is 0 Å². The lowest BCUT2D eigenvalue weighted by molar-refractivity contribution is -0.118. The zero-order chi connectivity index (χ0) is 25.9. The molecule has 2 N–H and O–H groups in total. The van der Waals surface area contributed by atoms with E-state index in [0.717, 1.165) is 11.1 Å². The molecule has 178 valence electrons. The number of nitrogens with one attached hydrogen (secondary N) is 2. The van der Waals surface area contributed by atoms with Crippen molar-refractivity contribution in [3.63, 3.8) is 0 Å². The fraction of sp³-hybridized carbons (Fsp3) is 0.133. The summed E-state index contributed by atoms with van der Waals surface area (Å²) < 4.78 is 0. The number of carbonyl (C=O) groups is 2. The second-order valence-corrected chi connectivity index (χ2v) is 8.22. The molecular formula is C30H26N4O2. The maximum absolute atomic E-state index is 12.7. The molecule has 0 heterocycles. The quantitative estimate of drug-likeness (QED) is 0.343. The Morgan fingerprint density at radius 1 is 0.667 bits per heavy atom. The van der Waals surface area contributed by atoms with Crippen LogP contribution in [0.25, 0.3) is 12.2 Å². The molecule has 0 saturated heterocycles. The molecule has 0 spiro atoms.